The molecular formula is C21H20N2. The van der Waals surface area contributed by atoms with Gasteiger partial charge < -0.3 is 4.90 Å². The monoisotopic (exact) mass is 300 g/mol. The van der Waals surface area contributed by atoms with Crippen molar-refractivity contribution in [1.29, 1.82) is 0 Å². The van der Waals surface area contributed by atoms with Crippen LogP contribution in [0.2, 0.25) is 0 Å². The third-order valence-electron chi connectivity index (χ3n) is 5.44. The predicted octanol–water partition coefficient (Wildman–Crippen LogP) is 5.10. The third-order valence-corrected chi connectivity index (χ3v) is 5.44. The number of pyridine rings is 1. The average molecular weight is 300 g/mol. The van der Waals surface area contributed by atoms with Gasteiger partial charge in [-0.3, -0.25) is 0 Å². The van der Waals surface area contributed by atoms with E-state index in [-0.39, 0.29) is 0 Å². The molecule has 1 saturated heterocycles. The van der Waals surface area contributed by atoms with Crippen LogP contribution in [0.15, 0.2) is 36.4 Å². The highest BCUT2D eigenvalue weighted by atomic mass is 15.2. The van der Waals surface area contributed by atoms with Crippen molar-refractivity contribution < 1.29 is 0 Å². The van der Waals surface area contributed by atoms with Gasteiger partial charge in [-0.1, -0.05) is 36.4 Å². The first-order valence-electron chi connectivity index (χ1n) is 8.54. The van der Waals surface area contributed by atoms with Gasteiger partial charge in [0.2, 0.25) is 0 Å². The first-order chi connectivity index (χ1) is 11.3. The Hall–Kier alpha value is -2.35. The summed E-state index contributed by atoms with van der Waals surface area (Å²) in [4.78, 5) is 7.49. The number of hydrogen-bond donors (Lipinski definition) is 0. The van der Waals surface area contributed by atoms with E-state index in [0.717, 1.165) is 18.8 Å². The Morgan fingerprint density at radius 2 is 1.52 bits per heavy atom. The number of anilines is 1. The molecule has 114 valence electrons. The number of nitrogens with zero attached hydrogens (tertiary/aromatic N) is 2. The van der Waals surface area contributed by atoms with Gasteiger partial charge in [0.1, 0.15) is 5.82 Å². The quantitative estimate of drug-likeness (QED) is 0.486. The Bertz CT molecular complexity index is 944. The lowest BCUT2D eigenvalue weighted by Crippen LogP contribution is -2.21. The van der Waals surface area contributed by atoms with Gasteiger partial charge in [-0.05, 0) is 54.2 Å². The third kappa shape index (κ3) is 1.66. The van der Waals surface area contributed by atoms with Crippen LogP contribution in [0.5, 0.6) is 0 Å². The normalized spacial score (nSPS) is 15.5. The zero-order chi connectivity index (χ0) is 15.6. The molecule has 0 saturated carbocycles. The summed E-state index contributed by atoms with van der Waals surface area (Å²) in [6, 6.07) is 13.3. The van der Waals surface area contributed by atoms with Gasteiger partial charge >= 0.3 is 0 Å². The summed E-state index contributed by atoms with van der Waals surface area (Å²) in [6.45, 7) is 6.71. The van der Waals surface area contributed by atoms with Crippen molar-refractivity contribution in [2.75, 3.05) is 18.0 Å². The summed E-state index contributed by atoms with van der Waals surface area (Å²) in [5, 5.41) is 2.73. The number of fused-ring (bicyclic) bond motifs is 3. The molecule has 0 bridgehead atoms. The molecule has 0 radical (unpaired) electrons. The minimum atomic E-state index is 1.14. The molecule has 5 rings (SSSR count). The van der Waals surface area contributed by atoms with Crippen molar-refractivity contribution in [2.24, 2.45) is 0 Å². The van der Waals surface area contributed by atoms with Crippen molar-refractivity contribution >= 4 is 16.6 Å². The molecule has 0 atom stereocenters. The highest BCUT2D eigenvalue weighted by molar-refractivity contribution is 6.16. The van der Waals surface area contributed by atoms with E-state index < -0.39 is 0 Å². The molecule has 1 aliphatic carbocycles. The van der Waals surface area contributed by atoms with E-state index in [1.54, 1.807) is 0 Å². The lowest BCUT2D eigenvalue weighted by atomic mass is 9.98. The molecule has 0 spiro atoms. The number of benzene rings is 2. The van der Waals surface area contributed by atoms with Crippen molar-refractivity contribution in [2.45, 2.75) is 26.7 Å². The Labute approximate surface area is 136 Å². The minimum Gasteiger partial charge on any atom is -0.356 e. The fraction of sp³-hybridized carbons (Fsp3) is 0.286. The Morgan fingerprint density at radius 3 is 2.22 bits per heavy atom. The molecule has 0 N–H and O–H groups in total. The SMILES string of the molecule is Cc1nc(N2CCCC2)c(C)c2c1-c1cccc3cccc-2c13. The van der Waals surface area contributed by atoms with E-state index in [2.05, 4.69) is 55.1 Å². The largest absolute Gasteiger partial charge is 0.356 e. The summed E-state index contributed by atoms with van der Waals surface area (Å²) >= 11 is 0. The van der Waals surface area contributed by atoms with Gasteiger partial charge in [0.15, 0.2) is 0 Å². The van der Waals surface area contributed by atoms with Gasteiger partial charge in [0.25, 0.3) is 0 Å². The lowest BCUT2D eigenvalue weighted by molar-refractivity contribution is 0.922. The molecular weight excluding hydrogens is 280 g/mol. The van der Waals surface area contributed by atoms with Crippen LogP contribution in [0.25, 0.3) is 33.0 Å². The second-order valence-corrected chi connectivity index (χ2v) is 6.80. The molecule has 3 aromatic rings. The number of rotatable bonds is 1. The Balaban J connectivity index is 1.87. The van der Waals surface area contributed by atoms with E-state index in [1.165, 1.54) is 57.2 Å². The van der Waals surface area contributed by atoms with Crippen LogP contribution >= 0.6 is 0 Å². The van der Waals surface area contributed by atoms with E-state index in [9.17, 15) is 0 Å². The second kappa shape index (κ2) is 4.58. The topological polar surface area (TPSA) is 16.1 Å². The maximum atomic E-state index is 5.02. The molecule has 0 amide bonds. The van der Waals surface area contributed by atoms with Crippen LogP contribution in [-0.4, -0.2) is 18.1 Å². The van der Waals surface area contributed by atoms with Crippen molar-refractivity contribution in [1.82, 2.24) is 4.98 Å². The average Bonchev–Trinajstić information content (AvgIpc) is 3.20. The molecule has 2 heteroatoms. The zero-order valence-corrected chi connectivity index (χ0v) is 13.7. The number of aromatic nitrogens is 1. The summed E-state index contributed by atoms with van der Waals surface area (Å²) in [5.74, 6) is 1.20. The van der Waals surface area contributed by atoms with Gasteiger partial charge in [-0.25, -0.2) is 4.98 Å². The molecule has 2 aliphatic rings. The van der Waals surface area contributed by atoms with Crippen LogP contribution in [0.4, 0.5) is 5.82 Å². The Morgan fingerprint density at radius 1 is 0.870 bits per heavy atom. The summed E-state index contributed by atoms with van der Waals surface area (Å²) in [7, 11) is 0. The van der Waals surface area contributed by atoms with Crippen molar-refractivity contribution in [3.05, 3.63) is 47.7 Å². The summed E-state index contributed by atoms with van der Waals surface area (Å²) in [6.07, 6.45) is 2.57. The van der Waals surface area contributed by atoms with Crippen molar-refractivity contribution in [3.8, 4) is 22.3 Å². The van der Waals surface area contributed by atoms with Gasteiger partial charge in [-0.2, -0.15) is 0 Å². The molecule has 1 aromatic heterocycles. The van der Waals surface area contributed by atoms with Crippen LogP contribution in [0.1, 0.15) is 24.1 Å². The van der Waals surface area contributed by atoms with E-state index in [1.807, 2.05) is 0 Å². The molecule has 2 heterocycles. The van der Waals surface area contributed by atoms with Crippen LogP contribution in [0.3, 0.4) is 0 Å². The van der Waals surface area contributed by atoms with E-state index >= 15 is 0 Å². The molecule has 1 aliphatic heterocycles. The maximum Gasteiger partial charge on any atom is 0.132 e. The maximum absolute atomic E-state index is 5.02. The van der Waals surface area contributed by atoms with Crippen molar-refractivity contribution in [3.63, 3.8) is 0 Å². The fourth-order valence-electron chi connectivity index (χ4n) is 4.44. The van der Waals surface area contributed by atoms with E-state index in [4.69, 9.17) is 4.98 Å². The molecule has 2 nitrogen and oxygen atoms in total. The number of hydrogen-bond acceptors (Lipinski definition) is 2. The molecule has 2 aromatic carbocycles. The molecule has 1 fully saturated rings. The smallest absolute Gasteiger partial charge is 0.132 e. The molecule has 0 unspecified atom stereocenters. The van der Waals surface area contributed by atoms with Crippen LogP contribution < -0.4 is 4.90 Å². The first-order valence-corrected chi connectivity index (χ1v) is 8.54. The molecule has 23 heavy (non-hydrogen) atoms. The van der Waals surface area contributed by atoms with E-state index in [0.29, 0.717) is 0 Å². The highest BCUT2D eigenvalue weighted by Crippen LogP contribution is 2.51. The first kappa shape index (κ1) is 13.1. The lowest BCUT2D eigenvalue weighted by Gasteiger charge is -2.22. The predicted molar refractivity (Wildman–Crippen MR) is 97.1 cm³/mol. The fourth-order valence-corrected chi connectivity index (χ4v) is 4.44. The highest BCUT2D eigenvalue weighted by Gasteiger charge is 2.28. The number of aryl methyl sites for hydroxylation is 1. The minimum absolute atomic E-state index is 1.14. The Kier molecular flexibility index (Phi) is 2.61. The van der Waals surface area contributed by atoms with Gasteiger partial charge in [0.05, 0.1) is 0 Å². The summed E-state index contributed by atoms with van der Waals surface area (Å²) in [5.41, 5.74) is 8.00. The standard InChI is InChI=1S/C21H20N2/c1-13-18-16-9-5-7-15-8-6-10-17(20(15)16)19(18)14(2)22-21(13)23-11-3-4-12-23/h5-10H,3-4,11-12H2,1-2H3. The van der Waals surface area contributed by atoms with Gasteiger partial charge in [-0.15, -0.1) is 0 Å². The second-order valence-electron chi connectivity index (χ2n) is 6.80. The van der Waals surface area contributed by atoms with Gasteiger partial charge in [0, 0.05) is 29.9 Å². The van der Waals surface area contributed by atoms with Crippen LogP contribution in [0, 0.1) is 13.8 Å². The zero-order valence-electron chi connectivity index (χ0n) is 13.7. The summed E-state index contributed by atoms with van der Waals surface area (Å²) < 4.78 is 0. The van der Waals surface area contributed by atoms with Crippen LogP contribution in [-0.2, 0) is 0 Å².